The number of aromatic amines is 1. The van der Waals surface area contributed by atoms with Crippen LogP contribution in [0.25, 0.3) is 0 Å². The van der Waals surface area contributed by atoms with Crippen molar-refractivity contribution in [2.75, 3.05) is 38.7 Å². The highest BCUT2D eigenvalue weighted by atomic mass is 32.2. The Morgan fingerprint density at radius 3 is 2.68 bits per heavy atom. The fourth-order valence-electron chi connectivity index (χ4n) is 4.39. The van der Waals surface area contributed by atoms with Crippen LogP contribution in [0.5, 0.6) is 5.75 Å². The van der Waals surface area contributed by atoms with Gasteiger partial charge in [0.05, 0.1) is 31.5 Å². The number of nitrogens with one attached hydrogen (secondary N) is 2. The van der Waals surface area contributed by atoms with Crippen molar-refractivity contribution in [3.63, 3.8) is 0 Å². The van der Waals surface area contributed by atoms with E-state index in [1.54, 1.807) is 14.1 Å². The first-order valence-corrected chi connectivity index (χ1v) is 13.7. The zero-order valence-corrected chi connectivity index (χ0v) is 23.3. The maximum atomic E-state index is 13.1. The second-order valence-corrected chi connectivity index (χ2v) is 11.7. The number of oxime groups is 1. The SMILES string of the molecule is C[N+](C)(CC1=C(C(=O)[O-])N2C(=O)[C@@H](NC(=O)/C(=N/OCC(=O)O)c3csc(N)n3)[C@H]2SC1)Cc1cc(=O)c(O)c[nH]1. The molecule has 0 aromatic carbocycles. The molecular weight excluding hydrogens is 582 g/mol. The number of carboxylic acids is 2. The third-order valence-corrected chi connectivity index (χ3v) is 8.03. The van der Waals surface area contributed by atoms with E-state index in [4.69, 9.17) is 15.7 Å². The van der Waals surface area contributed by atoms with Crippen molar-refractivity contribution in [3.05, 3.63) is 50.5 Å². The van der Waals surface area contributed by atoms with Crippen molar-refractivity contribution in [1.29, 1.82) is 0 Å². The minimum atomic E-state index is -1.55. The molecule has 2 aromatic heterocycles. The first-order valence-electron chi connectivity index (χ1n) is 11.8. The standard InChI is InChI=1S/C23H25N7O9S2/c1-30(2,6-11-3-13(31)14(32)4-25-11)5-10-8-40-21-17(20(36)29(21)18(10)22(37)38)27-19(35)16(28-39-7-15(33)34)12-9-41-23(24)26-12/h3-4,9,17,21H,5-8H2,1-2H3,(H6-,24,25,26,27,28,31,32,33,34,35,37,38)/t17-,21-/m1/s1. The number of fused-ring (bicyclic) bond motifs is 1. The summed E-state index contributed by atoms with van der Waals surface area (Å²) >= 11 is 2.24. The van der Waals surface area contributed by atoms with Crippen molar-refractivity contribution in [2.45, 2.75) is 18.0 Å². The number of nitrogen functional groups attached to an aromatic ring is 1. The number of anilines is 1. The Labute approximate surface area is 239 Å². The molecule has 6 N–H and O–H groups in total. The summed E-state index contributed by atoms with van der Waals surface area (Å²) in [6.07, 6.45) is 1.18. The van der Waals surface area contributed by atoms with E-state index in [0.29, 0.717) is 11.3 Å². The highest BCUT2D eigenvalue weighted by Crippen LogP contribution is 2.40. The number of rotatable bonds is 11. The Morgan fingerprint density at radius 2 is 2.07 bits per heavy atom. The predicted octanol–water partition coefficient (Wildman–Crippen LogP) is -2.39. The van der Waals surface area contributed by atoms with Crippen LogP contribution in [0.3, 0.4) is 0 Å². The van der Waals surface area contributed by atoms with Crippen molar-refractivity contribution in [2.24, 2.45) is 5.16 Å². The van der Waals surface area contributed by atoms with Gasteiger partial charge in [0.25, 0.3) is 11.8 Å². The van der Waals surface area contributed by atoms with E-state index >= 15 is 0 Å². The van der Waals surface area contributed by atoms with E-state index in [-0.39, 0.29) is 39.8 Å². The van der Waals surface area contributed by atoms with Crippen LogP contribution in [0.2, 0.25) is 0 Å². The molecule has 2 aliphatic rings. The molecule has 16 nitrogen and oxygen atoms in total. The van der Waals surface area contributed by atoms with Gasteiger partial charge >= 0.3 is 5.97 Å². The van der Waals surface area contributed by atoms with Crippen molar-refractivity contribution < 1.29 is 43.8 Å². The number of thiazole rings is 1. The number of H-pyrrole nitrogens is 1. The first kappa shape index (κ1) is 29.6. The lowest BCUT2D eigenvalue weighted by molar-refractivity contribution is -0.899. The Bertz CT molecular complexity index is 1530. The lowest BCUT2D eigenvalue weighted by Gasteiger charge is -2.51. The van der Waals surface area contributed by atoms with Crippen LogP contribution < -0.4 is 21.6 Å². The van der Waals surface area contributed by atoms with Gasteiger partial charge in [-0.05, 0) is 0 Å². The summed E-state index contributed by atoms with van der Waals surface area (Å²) < 4.78 is 0.202. The number of aliphatic carboxylic acids is 2. The molecule has 2 amide bonds. The van der Waals surface area contributed by atoms with Gasteiger partial charge in [-0.2, -0.15) is 0 Å². The van der Waals surface area contributed by atoms with Crippen LogP contribution >= 0.6 is 23.1 Å². The fourth-order valence-corrected chi connectivity index (χ4v) is 6.27. The highest BCUT2D eigenvalue weighted by Gasteiger charge is 2.53. The number of aromatic nitrogens is 2. The second kappa shape index (κ2) is 11.6. The smallest absolute Gasteiger partial charge is 0.344 e. The lowest BCUT2D eigenvalue weighted by Crippen LogP contribution is -2.71. The maximum Gasteiger partial charge on any atom is 0.344 e. The van der Waals surface area contributed by atoms with Crippen LogP contribution in [-0.4, -0.2) is 103 Å². The third-order valence-electron chi connectivity index (χ3n) is 6.02. The summed E-state index contributed by atoms with van der Waals surface area (Å²) in [5, 5.41) is 37.3. The Kier molecular flexibility index (Phi) is 8.36. The number of pyridine rings is 1. The van der Waals surface area contributed by atoms with E-state index in [0.717, 1.165) is 16.2 Å². The molecule has 0 unspecified atom stereocenters. The summed E-state index contributed by atoms with van der Waals surface area (Å²) in [5.41, 5.74) is 5.32. The average molecular weight is 608 g/mol. The number of carboxylic acid groups (broad SMARTS) is 2. The minimum Gasteiger partial charge on any atom is -0.543 e. The van der Waals surface area contributed by atoms with Gasteiger partial charge in [0.15, 0.2) is 16.6 Å². The van der Waals surface area contributed by atoms with Gasteiger partial charge in [-0.3, -0.25) is 19.3 Å². The third kappa shape index (κ3) is 6.50. The number of nitrogens with two attached hydrogens (primary N) is 1. The number of amides is 2. The number of carbonyl (C=O) groups excluding carboxylic acids is 3. The monoisotopic (exact) mass is 607 g/mol. The average Bonchev–Trinajstić information content (AvgIpc) is 3.31. The lowest BCUT2D eigenvalue weighted by atomic mass is 10.0. The number of nitrogens with zero attached hydrogens (tertiary/aromatic N) is 4. The fraction of sp³-hybridized carbons (Fsp3) is 0.348. The summed E-state index contributed by atoms with van der Waals surface area (Å²) in [5.74, 6) is -4.68. The number of carbonyl (C=O) groups is 4. The molecule has 0 aliphatic carbocycles. The van der Waals surface area contributed by atoms with Crippen LogP contribution in [0.15, 0.2) is 38.9 Å². The molecule has 2 aromatic rings. The van der Waals surface area contributed by atoms with Crippen molar-refractivity contribution in [1.82, 2.24) is 20.2 Å². The molecule has 2 atom stereocenters. The summed E-state index contributed by atoms with van der Waals surface area (Å²) in [6, 6.07) is 0.138. The van der Waals surface area contributed by atoms with E-state index < -0.39 is 58.7 Å². The maximum absolute atomic E-state index is 13.1. The Morgan fingerprint density at radius 1 is 1.34 bits per heavy atom. The van der Waals surface area contributed by atoms with Gasteiger partial charge in [-0.25, -0.2) is 9.78 Å². The Hall–Kier alpha value is -4.42. The zero-order valence-electron chi connectivity index (χ0n) is 21.7. The molecule has 4 rings (SSSR count). The van der Waals surface area contributed by atoms with Gasteiger partial charge in [0.2, 0.25) is 12.0 Å². The van der Waals surface area contributed by atoms with Gasteiger partial charge in [0.1, 0.15) is 30.2 Å². The number of likely N-dealkylation sites (N-methyl/N-ethyl adjacent to an activating group) is 1. The molecule has 0 saturated carbocycles. The number of quaternary nitrogens is 1. The summed E-state index contributed by atoms with van der Waals surface area (Å²) in [6.45, 7) is -0.353. The Balaban J connectivity index is 1.51. The zero-order chi connectivity index (χ0) is 30.1. The number of hydrogen-bond acceptors (Lipinski definition) is 13. The number of thioether (sulfide) groups is 1. The summed E-state index contributed by atoms with van der Waals surface area (Å²) in [4.78, 5) is 73.4. The second-order valence-electron chi connectivity index (χ2n) is 9.74. The van der Waals surface area contributed by atoms with Gasteiger partial charge in [0, 0.05) is 29.0 Å². The van der Waals surface area contributed by atoms with E-state index in [1.165, 1.54) is 29.4 Å². The van der Waals surface area contributed by atoms with Crippen LogP contribution in [0, 0.1) is 0 Å². The van der Waals surface area contributed by atoms with E-state index in [1.807, 2.05) is 0 Å². The predicted molar refractivity (Wildman–Crippen MR) is 143 cm³/mol. The number of aromatic hydroxyl groups is 1. The molecule has 0 radical (unpaired) electrons. The minimum absolute atomic E-state index is 0.00268. The van der Waals surface area contributed by atoms with Crippen LogP contribution in [0.4, 0.5) is 5.13 Å². The van der Waals surface area contributed by atoms with Gasteiger partial charge in [-0.1, -0.05) is 5.16 Å². The normalized spacial score (nSPS) is 18.9. The van der Waals surface area contributed by atoms with Gasteiger partial charge in [-0.15, -0.1) is 23.1 Å². The van der Waals surface area contributed by atoms with Crippen molar-refractivity contribution >= 4 is 57.7 Å². The van der Waals surface area contributed by atoms with Gasteiger partial charge < -0.3 is 45.5 Å². The molecule has 2 aliphatic heterocycles. The summed E-state index contributed by atoms with van der Waals surface area (Å²) in [7, 11) is 3.61. The van der Waals surface area contributed by atoms with E-state index in [2.05, 4.69) is 20.4 Å². The van der Waals surface area contributed by atoms with Crippen LogP contribution in [0.1, 0.15) is 11.4 Å². The van der Waals surface area contributed by atoms with Crippen molar-refractivity contribution in [3.8, 4) is 5.75 Å². The number of β-lactam (4-membered cyclic amide) rings is 1. The molecule has 4 heterocycles. The van der Waals surface area contributed by atoms with E-state index in [9.17, 15) is 34.2 Å². The molecule has 41 heavy (non-hydrogen) atoms. The number of hydrogen-bond donors (Lipinski definition) is 5. The first-order chi connectivity index (χ1) is 19.3. The topological polar surface area (TPSA) is 240 Å². The van der Waals surface area contributed by atoms with Crippen LogP contribution in [-0.2, 0) is 30.6 Å². The largest absolute Gasteiger partial charge is 0.543 e. The molecule has 1 saturated heterocycles. The molecule has 0 bridgehead atoms. The molecule has 18 heteroatoms. The molecular formula is C23H25N7O9S2. The molecule has 1 fully saturated rings. The quantitative estimate of drug-likeness (QED) is 0.0778. The molecule has 0 spiro atoms. The molecule has 218 valence electrons. The highest BCUT2D eigenvalue weighted by molar-refractivity contribution is 8.00.